The molecule has 2 aromatic carbocycles. The van der Waals surface area contributed by atoms with Crippen molar-refractivity contribution >= 4 is 27.0 Å². The largest absolute Gasteiger partial charge is 0.417 e. The number of aromatic amines is 1. The summed E-state index contributed by atoms with van der Waals surface area (Å²) >= 11 is 0. The van der Waals surface area contributed by atoms with Crippen LogP contribution >= 0.6 is 0 Å². The minimum Gasteiger partial charge on any atom is -0.408 e. The van der Waals surface area contributed by atoms with Crippen molar-refractivity contribution in [1.29, 1.82) is 0 Å². The quantitative estimate of drug-likeness (QED) is 0.695. The van der Waals surface area contributed by atoms with Crippen molar-refractivity contribution in [1.82, 2.24) is 14.6 Å². The molecular weight excluding hydrogens is 377 g/mol. The van der Waals surface area contributed by atoms with Gasteiger partial charge < -0.3 is 9.73 Å². The molecule has 0 bridgehead atoms. The molecule has 1 amide bonds. The Balaban J connectivity index is 1.80. The molecule has 0 spiro atoms. The van der Waals surface area contributed by atoms with E-state index in [-0.39, 0.29) is 23.6 Å². The van der Waals surface area contributed by atoms with Crippen molar-refractivity contribution in [2.24, 2.45) is 0 Å². The number of fused-ring (bicyclic) bond motifs is 1. The van der Waals surface area contributed by atoms with Gasteiger partial charge in [-0.1, -0.05) is 12.1 Å². The highest BCUT2D eigenvalue weighted by Crippen LogP contribution is 2.30. The highest BCUT2D eigenvalue weighted by atomic mass is 32.2. The molecule has 1 saturated heterocycles. The molecule has 1 aliphatic rings. The maximum absolute atomic E-state index is 13.2. The Morgan fingerprint density at radius 1 is 1.11 bits per heavy atom. The SMILES string of the molecule is O=C1NCCN(S(=O)(=O)c2ccc3[nH]c(=O)oc3c2)C1c1ccc(F)cc1. The Bertz CT molecular complexity index is 1180. The van der Waals surface area contributed by atoms with Crippen LogP contribution in [-0.4, -0.2) is 36.7 Å². The molecular formula is C17H14FN3O5S. The van der Waals surface area contributed by atoms with Crippen LogP contribution in [-0.2, 0) is 14.8 Å². The molecule has 27 heavy (non-hydrogen) atoms. The number of H-pyrrole nitrogens is 1. The minimum atomic E-state index is -4.08. The number of aromatic nitrogens is 1. The van der Waals surface area contributed by atoms with Crippen LogP contribution in [0.5, 0.6) is 0 Å². The maximum atomic E-state index is 13.2. The zero-order valence-corrected chi connectivity index (χ0v) is 14.6. The lowest BCUT2D eigenvalue weighted by Crippen LogP contribution is -2.52. The number of piperazine rings is 1. The third-order valence-electron chi connectivity index (χ3n) is 4.35. The van der Waals surface area contributed by atoms with E-state index in [4.69, 9.17) is 4.42 Å². The fourth-order valence-corrected chi connectivity index (χ4v) is 4.68. The van der Waals surface area contributed by atoms with E-state index in [1.165, 1.54) is 42.5 Å². The standard InChI is InChI=1S/C17H14FN3O5S/c18-11-3-1-10(2-4-11)15-16(22)19-7-8-21(15)27(24,25)12-5-6-13-14(9-12)26-17(23)20-13/h1-6,9,15H,7-8H2,(H,19,22)(H,20,23). The van der Waals surface area contributed by atoms with E-state index in [1.54, 1.807) is 0 Å². The van der Waals surface area contributed by atoms with Crippen LogP contribution in [0.4, 0.5) is 4.39 Å². The number of benzene rings is 2. The number of carbonyl (C=O) groups excluding carboxylic acids is 1. The van der Waals surface area contributed by atoms with Gasteiger partial charge >= 0.3 is 5.76 Å². The first-order valence-electron chi connectivity index (χ1n) is 8.04. The molecule has 2 N–H and O–H groups in total. The summed E-state index contributed by atoms with van der Waals surface area (Å²) in [4.78, 5) is 26.0. The summed E-state index contributed by atoms with van der Waals surface area (Å²) < 4.78 is 45.6. The van der Waals surface area contributed by atoms with Crippen LogP contribution in [0.2, 0.25) is 0 Å². The second-order valence-electron chi connectivity index (χ2n) is 6.03. The number of nitrogens with one attached hydrogen (secondary N) is 2. The second-order valence-corrected chi connectivity index (χ2v) is 7.92. The molecule has 8 nitrogen and oxygen atoms in total. The first kappa shape index (κ1) is 17.4. The van der Waals surface area contributed by atoms with Gasteiger partial charge in [0.1, 0.15) is 11.9 Å². The summed E-state index contributed by atoms with van der Waals surface area (Å²) in [6.45, 7) is 0.197. The molecule has 0 aliphatic carbocycles. The molecule has 0 radical (unpaired) electrons. The zero-order valence-electron chi connectivity index (χ0n) is 13.8. The highest BCUT2D eigenvalue weighted by Gasteiger charge is 2.39. The van der Waals surface area contributed by atoms with Gasteiger partial charge in [0.05, 0.1) is 10.4 Å². The number of rotatable bonds is 3. The van der Waals surface area contributed by atoms with Gasteiger partial charge in [0, 0.05) is 19.2 Å². The van der Waals surface area contributed by atoms with Crippen molar-refractivity contribution in [2.75, 3.05) is 13.1 Å². The maximum Gasteiger partial charge on any atom is 0.417 e. The molecule has 1 atom stereocenters. The Hall–Kier alpha value is -2.98. The lowest BCUT2D eigenvalue weighted by atomic mass is 10.0. The van der Waals surface area contributed by atoms with Gasteiger partial charge in [-0.15, -0.1) is 0 Å². The van der Waals surface area contributed by atoms with Gasteiger partial charge in [-0.05, 0) is 29.8 Å². The zero-order chi connectivity index (χ0) is 19.2. The number of halogens is 1. The van der Waals surface area contributed by atoms with Gasteiger partial charge in [-0.3, -0.25) is 9.78 Å². The van der Waals surface area contributed by atoms with Crippen LogP contribution < -0.4 is 11.1 Å². The van der Waals surface area contributed by atoms with Crippen LogP contribution in [0, 0.1) is 5.82 Å². The number of carbonyl (C=O) groups is 1. The second kappa shape index (κ2) is 6.32. The molecule has 1 fully saturated rings. The van der Waals surface area contributed by atoms with Crippen LogP contribution in [0.3, 0.4) is 0 Å². The molecule has 1 unspecified atom stereocenters. The lowest BCUT2D eigenvalue weighted by Gasteiger charge is -2.34. The Morgan fingerprint density at radius 3 is 2.59 bits per heavy atom. The Labute approximate surface area is 152 Å². The summed E-state index contributed by atoms with van der Waals surface area (Å²) in [5.74, 6) is -1.68. The van der Waals surface area contributed by atoms with Gasteiger partial charge in [0.15, 0.2) is 5.58 Å². The number of oxazole rings is 1. The Kier molecular flexibility index (Phi) is 4.08. The molecule has 4 rings (SSSR count). The summed E-state index contributed by atoms with van der Waals surface area (Å²) in [6, 6.07) is 7.95. The van der Waals surface area contributed by atoms with Gasteiger partial charge in [-0.2, -0.15) is 4.31 Å². The summed E-state index contributed by atoms with van der Waals surface area (Å²) in [6.07, 6.45) is 0. The van der Waals surface area contributed by atoms with Crippen molar-refractivity contribution in [3.05, 3.63) is 64.4 Å². The Morgan fingerprint density at radius 2 is 1.85 bits per heavy atom. The molecule has 0 saturated carbocycles. The monoisotopic (exact) mass is 391 g/mol. The van der Waals surface area contributed by atoms with E-state index < -0.39 is 33.5 Å². The predicted octanol–water partition coefficient (Wildman–Crippen LogP) is 1.12. The van der Waals surface area contributed by atoms with E-state index in [2.05, 4.69) is 10.3 Å². The average molecular weight is 391 g/mol. The first-order valence-corrected chi connectivity index (χ1v) is 9.48. The van der Waals surface area contributed by atoms with Gasteiger partial charge in [0.25, 0.3) is 0 Å². The van der Waals surface area contributed by atoms with Gasteiger partial charge in [0.2, 0.25) is 15.9 Å². The summed E-state index contributed by atoms with van der Waals surface area (Å²) in [5, 5.41) is 2.63. The molecule has 2 heterocycles. The smallest absolute Gasteiger partial charge is 0.408 e. The van der Waals surface area contributed by atoms with E-state index in [1.807, 2.05) is 0 Å². The van der Waals surface area contributed by atoms with Crippen LogP contribution in [0.15, 0.2) is 56.6 Å². The average Bonchev–Trinajstić information content (AvgIpc) is 3.01. The molecule has 140 valence electrons. The summed E-state index contributed by atoms with van der Waals surface area (Å²) in [7, 11) is -4.08. The fraction of sp³-hybridized carbons (Fsp3) is 0.176. The van der Waals surface area contributed by atoms with E-state index in [0.29, 0.717) is 11.1 Å². The molecule has 3 aromatic rings. The van der Waals surface area contributed by atoms with E-state index in [9.17, 15) is 22.4 Å². The number of nitrogens with zero attached hydrogens (tertiary/aromatic N) is 1. The van der Waals surface area contributed by atoms with E-state index in [0.717, 1.165) is 4.31 Å². The van der Waals surface area contributed by atoms with Crippen LogP contribution in [0.1, 0.15) is 11.6 Å². The van der Waals surface area contributed by atoms with Crippen LogP contribution in [0.25, 0.3) is 11.1 Å². The predicted molar refractivity (Wildman–Crippen MR) is 92.9 cm³/mol. The molecule has 1 aliphatic heterocycles. The third kappa shape index (κ3) is 3.02. The van der Waals surface area contributed by atoms with Crippen molar-refractivity contribution in [3.8, 4) is 0 Å². The topological polar surface area (TPSA) is 112 Å². The highest BCUT2D eigenvalue weighted by molar-refractivity contribution is 7.89. The summed E-state index contributed by atoms with van der Waals surface area (Å²) in [5.41, 5.74) is 0.817. The lowest BCUT2D eigenvalue weighted by molar-refractivity contribution is -0.126. The number of hydrogen-bond acceptors (Lipinski definition) is 5. The van der Waals surface area contributed by atoms with Crippen molar-refractivity contribution in [2.45, 2.75) is 10.9 Å². The molecule has 1 aromatic heterocycles. The van der Waals surface area contributed by atoms with E-state index >= 15 is 0 Å². The third-order valence-corrected chi connectivity index (χ3v) is 6.21. The number of sulfonamides is 1. The molecule has 10 heteroatoms. The fourth-order valence-electron chi connectivity index (χ4n) is 3.09. The van der Waals surface area contributed by atoms with Gasteiger partial charge in [-0.25, -0.2) is 17.6 Å². The number of amides is 1. The number of hydrogen-bond donors (Lipinski definition) is 2. The minimum absolute atomic E-state index is 0.0469. The van der Waals surface area contributed by atoms with Crippen molar-refractivity contribution < 1.29 is 22.0 Å². The normalized spacial score (nSPS) is 18.6. The van der Waals surface area contributed by atoms with Crippen molar-refractivity contribution in [3.63, 3.8) is 0 Å². The first-order chi connectivity index (χ1) is 12.9.